The van der Waals surface area contributed by atoms with Crippen LogP contribution in [0.25, 0.3) is 0 Å². The van der Waals surface area contributed by atoms with E-state index >= 15 is 0 Å². The SMILES string of the molecule is CC/C=C/C/C=C/C/C=C/C/C=C/C/C=C/C/C=C/CCC(=O)OC[C@@H](COC(=O)CCCCCCCCCCCCCCCC)OC(=O)CCCCCCCCCCCCCCCCCCCCC. The highest BCUT2D eigenvalue weighted by molar-refractivity contribution is 5.71. The van der Waals surface area contributed by atoms with E-state index in [4.69, 9.17) is 14.2 Å². The van der Waals surface area contributed by atoms with Crippen LogP contribution in [0.2, 0.25) is 0 Å². The van der Waals surface area contributed by atoms with Crippen molar-refractivity contribution in [3.8, 4) is 0 Å². The minimum atomic E-state index is -0.803. The molecule has 0 heterocycles. The highest BCUT2D eigenvalue weighted by atomic mass is 16.6. The Morgan fingerprint density at radius 3 is 0.871 bits per heavy atom. The number of hydrogen-bond donors (Lipinski definition) is 0. The van der Waals surface area contributed by atoms with Crippen LogP contribution >= 0.6 is 0 Å². The number of rotatable bonds is 54. The van der Waals surface area contributed by atoms with Crippen molar-refractivity contribution in [2.24, 2.45) is 0 Å². The third kappa shape index (κ3) is 55.8. The predicted molar refractivity (Wildman–Crippen MR) is 302 cm³/mol. The van der Waals surface area contributed by atoms with Gasteiger partial charge in [-0.2, -0.15) is 0 Å². The summed E-state index contributed by atoms with van der Waals surface area (Å²) in [5.74, 6) is -0.968. The predicted octanol–water partition coefficient (Wildman–Crippen LogP) is 20.2. The van der Waals surface area contributed by atoms with E-state index in [0.717, 1.165) is 77.0 Å². The topological polar surface area (TPSA) is 78.9 Å². The summed E-state index contributed by atoms with van der Waals surface area (Å²) in [6.07, 6.45) is 74.8. The van der Waals surface area contributed by atoms with Crippen LogP contribution in [-0.4, -0.2) is 37.2 Å². The average molecular weight is 978 g/mol. The summed E-state index contributed by atoms with van der Waals surface area (Å²) >= 11 is 0. The zero-order chi connectivity index (χ0) is 50.7. The smallest absolute Gasteiger partial charge is 0.306 e. The van der Waals surface area contributed by atoms with Crippen molar-refractivity contribution in [2.75, 3.05) is 13.2 Å². The third-order valence-electron chi connectivity index (χ3n) is 13.0. The van der Waals surface area contributed by atoms with Crippen LogP contribution in [0.1, 0.15) is 297 Å². The number of carbonyl (C=O) groups excluding carboxylic acids is 3. The molecule has 0 aliphatic heterocycles. The Balaban J connectivity index is 4.44. The molecule has 0 aromatic heterocycles. The number of esters is 3. The first-order valence-corrected chi connectivity index (χ1v) is 29.9. The average Bonchev–Trinajstić information content (AvgIpc) is 3.36. The number of unbranched alkanes of at least 4 members (excludes halogenated alkanes) is 31. The maximum absolute atomic E-state index is 12.9. The molecule has 6 nitrogen and oxygen atoms in total. The highest BCUT2D eigenvalue weighted by Crippen LogP contribution is 2.17. The van der Waals surface area contributed by atoms with E-state index < -0.39 is 6.10 Å². The molecule has 0 fully saturated rings. The number of ether oxygens (including phenoxy) is 3. The summed E-state index contributed by atoms with van der Waals surface area (Å²) < 4.78 is 16.8. The molecule has 0 aliphatic carbocycles. The van der Waals surface area contributed by atoms with Gasteiger partial charge in [0.25, 0.3) is 0 Å². The molecule has 0 N–H and O–H groups in total. The molecule has 0 spiro atoms. The second-order valence-electron chi connectivity index (χ2n) is 19.9. The lowest BCUT2D eigenvalue weighted by Crippen LogP contribution is -2.30. The van der Waals surface area contributed by atoms with E-state index in [9.17, 15) is 14.4 Å². The second-order valence-corrected chi connectivity index (χ2v) is 19.9. The Morgan fingerprint density at radius 2 is 0.557 bits per heavy atom. The Labute approximate surface area is 433 Å². The molecule has 0 radical (unpaired) electrons. The summed E-state index contributed by atoms with van der Waals surface area (Å²) in [5.41, 5.74) is 0. The Morgan fingerprint density at radius 1 is 0.300 bits per heavy atom. The highest BCUT2D eigenvalue weighted by Gasteiger charge is 2.19. The van der Waals surface area contributed by atoms with Gasteiger partial charge in [0.1, 0.15) is 13.2 Å². The summed E-state index contributed by atoms with van der Waals surface area (Å²) in [6, 6.07) is 0. The molecule has 1 atom stereocenters. The third-order valence-corrected chi connectivity index (χ3v) is 13.0. The monoisotopic (exact) mass is 977 g/mol. The van der Waals surface area contributed by atoms with E-state index in [1.165, 1.54) is 173 Å². The first-order valence-electron chi connectivity index (χ1n) is 29.9. The van der Waals surface area contributed by atoms with Crippen molar-refractivity contribution in [3.63, 3.8) is 0 Å². The lowest BCUT2D eigenvalue weighted by Gasteiger charge is -2.18. The molecule has 0 aliphatic rings. The minimum absolute atomic E-state index is 0.0944. The van der Waals surface area contributed by atoms with Gasteiger partial charge in [-0.3, -0.25) is 14.4 Å². The van der Waals surface area contributed by atoms with Gasteiger partial charge >= 0.3 is 17.9 Å². The molecule has 404 valence electrons. The summed E-state index contributed by atoms with van der Waals surface area (Å²) in [7, 11) is 0. The number of allylic oxidation sites excluding steroid dienone is 12. The van der Waals surface area contributed by atoms with Crippen molar-refractivity contribution < 1.29 is 28.6 Å². The lowest BCUT2D eigenvalue weighted by molar-refractivity contribution is -0.166. The van der Waals surface area contributed by atoms with E-state index in [1.807, 2.05) is 6.08 Å². The van der Waals surface area contributed by atoms with Gasteiger partial charge in [0.15, 0.2) is 6.10 Å². The molecule has 0 saturated heterocycles. The van der Waals surface area contributed by atoms with Gasteiger partial charge in [0.05, 0.1) is 0 Å². The molecular formula is C64H112O6. The summed E-state index contributed by atoms with van der Waals surface area (Å²) in [4.78, 5) is 38.2. The van der Waals surface area contributed by atoms with E-state index in [2.05, 4.69) is 87.6 Å². The molecule has 0 aromatic rings. The number of hydrogen-bond acceptors (Lipinski definition) is 6. The van der Waals surface area contributed by atoms with Crippen LogP contribution in [0.4, 0.5) is 0 Å². The molecule has 0 amide bonds. The summed E-state index contributed by atoms with van der Waals surface area (Å²) in [6.45, 7) is 6.50. The van der Waals surface area contributed by atoms with Crippen LogP contribution in [0.5, 0.6) is 0 Å². The largest absolute Gasteiger partial charge is 0.462 e. The fourth-order valence-electron chi connectivity index (χ4n) is 8.53. The zero-order valence-corrected chi connectivity index (χ0v) is 46.3. The first kappa shape index (κ1) is 66.9. The fourth-order valence-corrected chi connectivity index (χ4v) is 8.53. The Hall–Kier alpha value is -3.15. The second kappa shape index (κ2) is 58.4. The van der Waals surface area contributed by atoms with Gasteiger partial charge in [-0.1, -0.05) is 293 Å². The van der Waals surface area contributed by atoms with Gasteiger partial charge in [0.2, 0.25) is 0 Å². The molecule has 0 saturated carbocycles. The van der Waals surface area contributed by atoms with Crippen molar-refractivity contribution in [1.82, 2.24) is 0 Å². The van der Waals surface area contributed by atoms with Gasteiger partial charge < -0.3 is 14.2 Å². The molecule has 6 heteroatoms. The van der Waals surface area contributed by atoms with Crippen LogP contribution in [0.3, 0.4) is 0 Å². The zero-order valence-electron chi connectivity index (χ0n) is 46.3. The Bertz CT molecular complexity index is 1310. The molecule has 70 heavy (non-hydrogen) atoms. The van der Waals surface area contributed by atoms with Crippen molar-refractivity contribution in [1.29, 1.82) is 0 Å². The van der Waals surface area contributed by atoms with Crippen LogP contribution in [0.15, 0.2) is 72.9 Å². The standard InChI is InChI=1S/C64H112O6/c1-4-7-10-13-16-19-22-25-28-30-32-34-36-39-42-45-48-51-54-57-63(66)69-60-61(59-68-62(65)56-53-50-47-44-41-38-27-24-21-18-15-12-9-6-3)70-64(67)58-55-52-49-46-43-40-37-35-33-31-29-26-23-20-17-14-11-8-5-2/h7,10,16,19,25,28,32,34,39,42,48,51,61H,4-6,8-9,11-15,17-18,20-24,26-27,29-31,33,35-38,40-41,43-47,49-50,52-60H2,1-3H3/b10-7+,19-16+,28-25+,34-32+,42-39+,51-48+/t61-/m1/s1. The van der Waals surface area contributed by atoms with Gasteiger partial charge in [-0.25, -0.2) is 0 Å². The summed E-state index contributed by atoms with van der Waals surface area (Å²) in [5, 5.41) is 0. The van der Waals surface area contributed by atoms with Crippen LogP contribution < -0.4 is 0 Å². The fraction of sp³-hybridized carbons (Fsp3) is 0.766. The van der Waals surface area contributed by atoms with Gasteiger partial charge in [0, 0.05) is 19.3 Å². The van der Waals surface area contributed by atoms with E-state index in [0.29, 0.717) is 19.3 Å². The maximum Gasteiger partial charge on any atom is 0.306 e. The molecule has 0 unspecified atom stereocenters. The maximum atomic E-state index is 12.9. The van der Waals surface area contributed by atoms with Gasteiger partial charge in [-0.05, 0) is 57.8 Å². The first-order chi connectivity index (χ1) is 34.5. The lowest BCUT2D eigenvalue weighted by atomic mass is 10.0. The van der Waals surface area contributed by atoms with E-state index in [1.54, 1.807) is 0 Å². The molecule has 0 aromatic carbocycles. The number of carbonyl (C=O) groups is 3. The van der Waals surface area contributed by atoms with E-state index in [-0.39, 0.29) is 37.5 Å². The Kier molecular flexibility index (Phi) is 55.8. The molecule has 0 rings (SSSR count). The van der Waals surface area contributed by atoms with Crippen molar-refractivity contribution >= 4 is 17.9 Å². The molecule has 0 bridgehead atoms. The van der Waals surface area contributed by atoms with Crippen molar-refractivity contribution in [3.05, 3.63) is 72.9 Å². The van der Waals surface area contributed by atoms with Crippen molar-refractivity contribution in [2.45, 2.75) is 303 Å². The quantitative estimate of drug-likeness (QED) is 0.0261. The normalized spacial score (nSPS) is 12.6. The van der Waals surface area contributed by atoms with Gasteiger partial charge in [-0.15, -0.1) is 0 Å². The molecular weight excluding hydrogens is 865 g/mol. The van der Waals surface area contributed by atoms with Crippen LogP contribution in [0, 0.1) is 0 Å². The minimum Gasteiger partial charge on any atom is -0.462 e. The van der Waals surface area contributed by atoms with Crippen LogP contribution in [-0.2, 0) is 28.6 Å².